The first-order chi connectivity index (χ1) is 7.56. The number of alkyl halides is 1. The van der Waals surface area contributed by atoms with Crippen LogP contribution in [0.5, 0.6) is 0 Å². The molecule has 5 nitrogen and oxygen atoms in total. The van der Waals surface area contributed by atoms with Crippen molar-refractivity contribution in [1.29, 1.82) is 0 Å². The van der Waals surface area contributed by atoms with Gasteiger partial charge in [0.1, 0.15) is 5.00 Å². The molecule has 0 aliphatic rings. The van der Waals surface area contributed by atoms with E-state index < -0.39 is 5.97 Å². The molecule has 16 heavy (non-hydrogen) atoms. The fraction of sp³-hybridized carbons (Fsp3) is 0.333. The molecule has 0 aromatic carbocycles. The van der Waals surface area contributed by atoms with Crippen LogP contribution in [-0.2, 0) is 10.1 Å². The van der Waals surface area contributed by atoms with Crippen LogP contribution in [0.4, 0.5) is 5.00 Å². The van der Waals surface area contributed by atoms with Gasteiger partial charge in [0.05, 0.1) is 17.6 Å². The molecule has 0 aliphatic carbocycles. The van der Waals surface area contributed by atoms with Gasteiger partial charge in [-0.3, -0.25) is 4.79 Å². The average Bonchev–Trinajstić information content (AvgIpc) is 2.63. The van der Waals surface area contributed by atoms with E-state index in [0.717, 1.165) is 11.3 Å². The van der Waals surface area contributed by atoms with Crippen molar-refractivity contribution in [3.05, 3.63) is 16.0 Å². The SMILES string of the molecule is CNC(=O)c1sc(N)c(C(=O)OC)c1CBr. The van der Waals surface area contributed by atoms with E-state index in [-0.39, 0.29) is 11.5 Å². The molecule has 3 N–H and O–H groups in total. The molecule has 1 aromatic rings. The number of esters is 1. The van der Waals surface area contributed by atoms with Gasteiger partial charge in [0.2, 0.25) is 0 Å². The number of halogens is 1. The molecule has 0 bridgehead atoms. The van der Waals surface area contributed by atoms with E-state index in [2.05, 4.69) is 26.0 Å². The highest BCUT2D eigenvalue weighted by Crippen LogP contribution is 2.33. The van der Waals surface area contributed by atoms with Crippen molar-refractivity contribution in [3.8, 4) is 0 Å². The summed E-state index contributed by atoms with van der Waals surface area (Å²) in [6.07, 6.45) is 0. The maximum Gasteiger partial charge on any atom is 0.341 e. The molecule has 0 atom stereocenters. The Kier molecular flexibility index (Phi) is 4.31. The van der Waals surface area contributed by atoms with E-state index in [1.807, 2.05) is 0 Å². The smallest absolute Gasteiger partial charge is 0.341 e. The van der Waals surface area contributed by atoms with Gasteiger partial charge in [0, 0.05) is 17.9 Å². The number of hydrogen-bond donors (Lipinski definition) is 2. The molecule has 0 unspecified atom stereocenters. The first kappa shape index (κ1) is 13.0. The quantitative estimate of drug-likeness (QED) is 0.653. The Bertz CT molecular complexity index is 431. The zero-order chi connectivity index (χ0) is 12.3. The molecule has 88 valence electrons. The number of rotatable bonds is 3. The Balaban J connectivity index is 3.34. The summed E-state index contributed by atoms with van der Waals surface area (Å²) >= 11 is 4.31. The van der Waals surface area contributed by atoms with E-state index in [0.29, 0.717) is 20.8 Å². The van der Waals surface area contributed by atoms with Gasteiger partial charge in [-0.15, -0.1) is 11.3 Å². The van der Waals surface area contributed by atoms with Gasteiger partial charge in [-0.25, -0.2) is 4.79 Å². The Labute approximate surface area is 105 Å². The van der Waals surface area contributed by atoms with Crippen molar-refractivity contribution in [2.75, 3.05) is 19.9 Å². The summed E-state index contributed by atoms with van der Waals surface area (Å²) in [4.78, 5) is 23.5. The molecule has 1 aromatic heterocycles. The summed E-state index contributed by atoms with van der Waals surface area (Å²) in [6, 6.07) is 0. The molecule has 0 saturated carbocycles. The van der Waals surface area contributed by atoms with E-state index in [4.69, 9.17) is 5.73 Å². The van der Waals surface area contributed by atoms with Crippen molar-refractivity contribution < 1.29 is 14.3 Å². The molecule has 7 heteroatoms. The summed E-state index contributed by atoms with van der Waals surface area (Å²) in [5.41, 5.74) is 6.53. The lowest BCUT2D eigenvalue weighted by atomic mass is 10.1. The number of amides is 1. The average molecular weight is 307 g/mol. The van der Waals surface area contributed by atoms with Gasteiger partial charge in [-0.2, -0.15) is 0 Å². The monoisotopic (exact) mass is 306 g/mol. The zero-order valence-corrected chi connectivity index (χ0v) is 11.2. The van der Waals surface area contributed by atoms with Gasteiger partial charge in [0.25, 0.3) is 5.91 Å². The van der Waals surface area contributed by atoms with Crippen LogP contribution in [0.1, 0.15) is 25.6 Å². The fourth-order valence-electron chi connectivity index (χ4n) is 1.24. The normalized spacial score (nSPS) is 9.94. The largest absolute Gasteiger partial charge is 0.465 e. The molecule has 1 rings (SSSR count). The minimum atomic E-state index is -0.529. The molecular weight excluding hydrogens is 296 g/mol. The van der Waals surface area contributed by atoms with Crippen LogP contribution in [-0.4, -0.2) is 26.0 Å². The summed E-state index contributed by atoms with van der Waals surface area (Å²) in [7, 11) is 2.80. The molecular formula is C9H11BrN2O3S. The van der Waals surface area contributed by atoms with Crippen molar-refractivity contribution in [3.63, 3.8) is 0 Å². The number of carbonyl (C=O) groups is 2. The maximum absolute atomic E-state index is 11.5. The minimum Gasteiger partial charge on any atom is -0.465 e. The van der Waals surface area contributed by atoms with E-state index in [9.17, 15) is 9.59 Å². The van der Waals surface area contributed by atoms with Crippen molar-refractivity contribution in [2.45, 2.75) is 5.33 Å². The lowest BCUT2D eigenvalue weighted by Gasteiger charge is -2.02. The van der Waals surface area contributed by atoms with Crippen LogP contribution in [0.25, 0.3) is 0 Å². The van der Waals surface area contributed by atoms with Crippen LogP contribution in [0.15, 0.2) is 0 Å². The molecule has 0 spiro atoms. The van der Waals surface area contributed by atoms with Crippen LogP contribution in [0.3, 0.4) is 0 Å². The van der Waals surface area contributed by atoms with Gasteiger partial charge in [0.15, 0.2) is 0 Å². The minimum absolute atomic E-state index is 0.263. The van der Waals surface area contributed by atoms with Gasteiger partial charge in [-0.05, 0) is 0 Å². The third kappa shape index (κ3) is 2.19. The maximum atomic E-state index is 11.5. The number of anilines is 1. The lowest BCUT2D eigenvalue weighted by Crippen LogP contribution is -2.18. The molecule has 1 amide bonds. The second kappa shape index (κ2) is 5.31. The predicted octanol–water partition coefficient (Wildman–Crippen LogP) is 1.37. The number of ether oxygens (including phenoxy) is 1. The standard InChI is InChI=1S/C9H11BrN2O3S/c1-12-8(13)6-4(3-10)5(7(11)16-6)9(14)15-2/h3,11H2,1-2H3,(H,12,13). The third-order valence-corrected chi connectivity index (χ3v) is 3.61. The Morgan fingerprint density at radius 1 is 1.56 bits per heavy atom. The molecule has 0 saturated heterocycles. The summed E-state index contributed by atoms with van der Waals surface area (Å²) in [5.74, 6) is -0.792. The van der Waals surface area contributed by atoms with Gasteiger partial charge >= 0.3 is 5.97 Å². The predicted molar refractivity (Wildman–Crippen MR) is 66.1 cm³/mol. The Morgan fingerprint density at radius 2 is 2.19 bits per heavy atom. The number of nitrogen functional groups attached to an aromatic ring is 1. The lowest BCUT2D eigenvalue weighted by molar-refractivity contribution is 0.0601. The van der Waals surface area contributed by atoms with Crippen molar-refractivity contribution >= 4 is 44.1 Å². The zero-order valence-electron chi connectivity index (χ0n) is 8.80. The second-order valence-corrected chi connectivity index (χ2v) is 4.47. The number of thiophene rings is 1. The van der Waals surface area contributed by atoms with Crippen molar-refractivity contribution in [2.24, 2.45) is 0 Å². The molecule has 0 aliphatic heterocycles. The highest BCUT2D eigenvalue weighted by molar-refractivity contribution is 9.08. The van der Waals surface area contributed by atoms with E-state index in [1.54, 1.807) is 0 Å². The second-order valence-electron chi connectivity index (χ2n) is 2.85. The Hall–Kier alpha value is -1.08. The summed E-state index contributed by atoms with van der Waals surface area (Å²) in [6.45, 7) is 0. The molecule has 0 radical (unpaired) electrons. The number of methoxy groups -OCH3 is 1. The molecule has 1 heterocycles. The number of nitrogens with two attached hydrogens (primary N) is 1. The Morgan fingerprint density at radius 3 is 2.62 bits per heavy atom. The molecule has 0 fully saturated rings. The highest BCUT2D eigenvalue weighted by Gasteiger charge is 2.25. The van der Waals surface area contributed by atoms with Crippen LogP contribution < -0.4 is 11.1 Å². The van der Waals surface area contributed by atoms with Crippen LogP contribution >= 0.6 is 27.3 Å². The van der Waals surface area contributed by atoms with Crippen LogP contribution in [0.2, 0.25) is 0 Å². The number of hydrogen-bond acceptors (Lipinski definition) is 5. The van der Waals surface area contributed by atoms with Crippen molar-refractivity contribution in [1.82, 2.24) is 5.32 Å². The van der Waals surface area contributed by atoms with E-state index in [1.165, 1.54) is 14.2 Å². The van der Waals surface area contributed by atoms with Crippen LogP contribution in [0, 0.1) is 0 Å². The van der Waals surface area contributed by atoms with E-state index >= 15 is 0 Å². The first-order valence-corrected chi connectivity index (χ1v) is 6.28. The highest BCUT2D eigenvalue weighted by atomic mass is 79.9. The third-order valence-electron chi connectivity index (χ3n) is 1.99. The summed E-state index contributed by atoms with van der Waals surface area (Å²) < 4.78 is 4.62. The first-order valence-electron chi connectivity index (χ1n) is 4.34. The van der Waals surface area contributed by atoms with Gasteiger partial charge < -0.3 is 15.8 Å². The fourth-order valence-corrected chi connectivity index (χ4v) is 3.00. The topological polar surface area (TPSA) is 81.4 Å². The number of carbonyl (C=O) groups excluding carboxylic acids is 2. The summed E-state index contributed by atoms with van der Waals surface area (Å²) in [5, 5.41) is 3.16. The number of nitrogens with one attached hydrogen (secondary N) is 1. The van der Waals surface area contributed by atoms with Gasteiger partial charge in [-0.1, -0.05) is 15.9 Å².